The quantitative estimate of drug-likeness (QED) is 0.287. The molecule has 0 spiro atoms. The van der Waals surface area contributed by atoms with Gasteiger partial charge in [-0.05, 0) is 6.42 Å². The molecule has 1 N–H and O–H groups in total. The lowest BCUT2D eigenvalue weighted by molar-refractivity contribution is -0.737. The summed E-state index contributed by atoms with van der Waals surface area (Å²) in [5, 5.41) is -6.81. The van der Waals surface area contributed by atoms with Crippen molar-refractivity contribution in [1.29, 1.82) is 0 Å². The van der Waals surface area contributed by atoms with Gasteiger partial charge in [0, 0.05) is 12.5 Å². The SMILES string of the molecule is CCCCCC[n+]1ccc(O)c(S(=O)(=O)C(F)(F)C(F)(F)F)c1S(=O)(=O)C(F)(F)C(F)(F)F. The molecule has 192 valence electrons. The van der Waals surface area contributed by atoms with E-state index in [4.69, 9.17) is 0 Å². The van der Waals surface area contributed by atoms with Crippen molar-refractivity contribution in [2.24, 2.45) is 0 Å². The predicted molar refractivity (Wildman–Crippen MR) is 88.8 cm³/mol. The Balaban J connectivity index is 4.11. The van der Waals surface area contributed by atoms with Crippen molar-refractivity contribution in [3.63, 3.8) is 0 Å². The van der Waals surface area contributed by atoms with Crippen molar-refractivity contribution >= 4 is 19.7 Å². The van der Waals surface area contributed by atoms with Crippen LogP contribution >= 0.6 is 0 Å². The molecule has 18 heteroatoms. The normalized spacial score (nSPS) is 14.5. The number of halogens is 10. The van der Waals surface area contributed by atoms with Gasteiger partial charge >= 0.3 is 37.7 Å². The third-order valence-electron chi connectivity index (χ3n) is 4.21. The molecule has 0 fully saturated rings. The zero-order valence-corrected chi connectivity index (χ0v) is 17.9. The molecule has 0 aliphatic heterocycles. The summed E-state index contributed by atoms with van der Waals surface area (Å²) in [7, 11) is -14.8. The smallest absolute Gasteiger partial charge is 0.470 e. The van der Waals surface area contributed by atoms with Crippen molar-refractivity contribution in [3.05, 3.63) is 12.3 Å². The van der Waals surface area contributed by atoms with Crippen LogP contribution in [0.5, 0.6) is 5.75 Å². The minimum Gasteiger partial charge on any atom is -0.506 e. The Kier molecular flexibility index (Phi) is 8.02. The molecule has 0 unspecified atom stereocenters. The maximum Gasteiger partial charge on any atom is 0.470 e. The molecule has 0 atom stereocenters. The Bertz CT molecular complexity index is 1080. The van der Waals surface area contributed by atoms with E-state index in [0.717, 1.165) is 0 Å². The van der Waals surface area contributed by atoms with E-state index in [9.17, 15) is 65.8 Å². The molecule has 6 nitrogen and oxygen atoms in total. The highest BCUT2D eigenvalue weighted by Crippen LogP contribution is 2.49. The van der Waals surface area contributed by atoms with Gasteiger partial charge in [0.1, 0.15) is 12.3 Å². The number of rotatable bonds is 9. The third-order valence-corrected chi connectivity index (χ3v) is 8.04. The first-order valence-electron chi connectivity index (χ1n) is 8.72. The molecule has 0 aliphatic carbocycles. The number of aromatic hydroxyl groups is 1. The van der Waals surface area contributed by atoms with Gasteiger partial charge in [-0.2, -0.15) is 48.5 Å². The fraction of sp³-hybridized carbons (Fsp3) is 0.667. The Hall–Kier alpha value is -1.85. The van der Waals surface area contributed by atoms with Gasteiger partial charge in [-0.15, -0.1) is 0 Å². The Morgan fingerprint density at radius 1 is 0.788 bits per heavy atom. The van der Waals surface area contributed by atoms with Crippen LogP contribution in [0.1, 0.15) is 32.6 Å². The highest BCUT2D eigenvalue weighted by Gasteiger charge is 2.74. The minimum absolute atomic E-state index is 0.0733. The summed E-state index contributed by atoms with van der Waals surface area (Å²) in [6.07, 6.45) is -12.7. The number of alkyl halides is 10. The number of unbranched alkanes of at least 4 members (excludes halogenated alkanes) is 3. The van der Waals surface area contributed by atoms with E-state index in [0.29, 0.717) is 12.8 Å². The largest absolute Gasteiger partial charge is 0.506 e. The fourth-order valence-electron chi connectivity index (χ4n) is 2.51. The van der Waals surface area contributed by atoms with Crippen LogP contribution in [-0.4, -0.2) is 44.8 Å². The molecular weight excluding hydrogens is 528 g/mol. The molecule has 0 bridgehead atoms. The van der Waals surface area contributed by atoms with Crippen LogP contribution in [0, 0.1) is 0 Å². The number of hydrogen-bond donors (Lipinski definition) is 1. The van der Waals surface area contributed by atoms with E-state index in [1.54, 1.807) is 6.92 Å². The average Bonchev–Trinajstić information content (AvgIpc) is 2.63. The van der Waals surface area contributed by atoms with Gasteiger partial charge in [-0.25, -0.2) is 16.8 Å². The monoisotopic (exact) mass is 544 g/mol. The molecule has 0 amide bonds. The van der Waals surface area contributed by atoms with Crippen LogP contribution in [-0.2, 0) is 26.2 Å². The number of hydrogen-bond acceptors (Lipinski definition) is 5. The standard InChI is InChI=1S/C15H15F10NO5S2/c1-2-3-4-5-7-26-8-6-9(27)10(32(28,29)14(22,23)12(16,17)18)11(26)33(30,31)15(24,25)13(19,20)21/h6,8H,2-5,7H2,1H3/p+1. The number of pyridine rings is 1. The molecule has 1 aromatic heterocycles. The molecule has 0 aromatic carbocycles. The zero-order valence-electron chi connectivity index (χ0n) is 16.3. The van der Waals surface area contributed by atoms with Crippen LogP contribution in [0.2, 0.25) is 0 Å². The van der Waals surface area contributed by atoms with Crippen molar-refractivity contribution < 1.29 is 70.4 Å². The second-order valence-electron chi connectivity index (χ2n) is 6.63. The molecule has 1 rings (SSSR count). The topological polar surface area (TPSA) is 92.4 Å². The number of nitrogens with zero attached hydrogens (tertiary/aromatic N) is 1. The van der Waals surface area contributed by atoms with Gasteiger partial charge in [0.05, 0.1) is 0 Å². The fourth-order valence-corrected chi connectivity index (χ4v) is 5.78. The van der Waals surface area contributed by atoms with Crippen molar-refractivity contribution in [2.45, 2.75) is 71.9 Å². The van der Waals surface area contributed by atoms with Crippen LogP contribution in [0.15, 0.2) is 22.2 Å². The lowest BCUT2D eigenvalue weighted by Gasteiger charge is -2.23. The molecule has 0 saturated heterocycles. The molecule has 0 aliphatic rings. The van der Waals surface area contributed by atoms with E-state index in [2.05, 4.69) is 0 Å². The summed E-state index contributed by atoms with van der Waals surface area (Å²) in [5.41, 5.74) is 0. The highest BCUT2D eigenvalue weighted by molar-refractivity contribution is 7.95. The minimum atomic E-state index is -7.41. The number of aromatic nitrogens is 1. The first kappa shape index (κ1) is 29.2. The van der Waals surface area contributed by atoms with Gasteiger partial charge < -0.3 is 5.11 Å². The summed E-state index contributed by atoms with van der Waals surface area (Å²) in [6.45, 7) is 0.806. The second kappa shape index (κ2) is 9.07. The second-order valence-corrected chi connectivity index (χ2v) is 10.5. The molecule has 0 saturated carbocycles. The maximum atomic E-state index is 13.8. The summed E-state index contributed by atoms with van der Waals surface area (Å²) in [6, 6.07) is 0.0733. The van der Waals surface area contributed by atoms with E-state index in [1.165, 1.54) is 0 Å². The maximum absolute atomic E-state index is 13.8. The van der Waals surface area contributed by atoms with E-state index in [-0.39, 0.29) is 29.7 Å². The van der Waals surface area contributed by atoms with Crippen molar-refractivity contribution in [2.75, 3.05) is 0 Å². The van der Waals surface area contributed by atoms with Gasteiger partial charge in [0.25, 0.3) is 9.84 Å². The summed E-state index contributed by atoms with van der Waals surface area (Å²) >= 11 is 0. The van der Waals surface area contributed by atoms with Crippen LogP contribution in [0.3, 0.4) is 0 Å². The lowest BCUT2D eigenvalue weighted by atomic mass is 10.2. The number of aryl methyl sites for hydroxylation is 1. The highest BCUT2D eigenvalue weighted by atomic mass is 32.2. The third kappa shape index (κ3) is 5.00. The zero-order chi connectivity index (χ0) is 26.3. The van der Waals surface area contributed by atoms with Crippen molar-refractivity contribution in [3.8, 4) is 5.75 Å². The Morgan fingerprint density at radius 3 is 1.67 bits per heavy atom. The average molecular weight is 544 g/mol. The Labute approximate surface area is 180 Å². The molecule has 1 heterocycles. The first-order valence-corrected chi connectivity index (χ1v) is 11.7. The first-order chi connectivity index (χ1) is 14.6. The predicted octanol–water partition coefficient (Wildman–Crippen LogP) is 4.12. The Morgan fingerprint density at radius 2 is 1.24 bits per heavy atom. The number of sulfone groups is 2. The lowest BCUT2D eigenvalue weighted by Crippen LogP contribution is -2.52. The van der Waals surface area contributed by atoms with Crippen molar-refractivity contribution in [1.82, 2.24) is 0 Å². The molecule has 1 aromatic rings. The van der Waals surface area contributed by atoms with E-state index >= 15 is 0 Å². The molecule has 0 radical (unpaired) electrons. The van der Waals surface area contributed by atoms with Crippen LogP contribution in [0.25, 0.3) is 0 Å². The van der Waals surface area contributed by atoms with Crippen LogP contribution < -0.4 is 4.57 Å². The van der Waals surface area contributed by atoms with Gasteiger partial charge in [0.15, 0.2) is 11.1 Å². The van der Waals surface area contributed by atoms with E-state index in [1.807, 2.05) is 0 Å². The summed E-state index contributed by atoms with van der Waals surface area (Å²) in [4.78, 5) is -2.94. The van der Waals surface area contributed by atoms with Gasteiger partial charge in [-0.3, -0.25) is 0 Å². The van der Waals surface area contributed by atoms with E-state index < -0.39 is 64.8 Å². The van der Waals surface area contributed by atoms with Gasteiger partial charge in [-0.1, -0.05) is 19.8 Å². The summed E-state index contributed by atoms with van der Waals surface area (Å²) < 4.78 is 180. The van der Waals surface area contributed by atoms with Crippen LogP contribution in [0.4, 0.5) is 43.9 Å². The summed E-state index contributed by atoms with van der Waals surface area (Å²) in [5.74, 6) is -2.21. The molecular formula is C15H16F10NO5S2+. The molecule has 33 heavy (non-hydrogen) atoms. The van der Waals surface area contributed by atoms with Gasteiger partial charge in [0.2, 0.25) is 0 Å².